The molecule has 0 spiro atoms. The van der Waals surface area contributed by atoms with Gasteiger partial charge >= 0.3 is 0 Å². The monoisotopic (exact) mass is 246 g/mol. The fraction of sp³-hybridized carbons (Fsp3) is 0.462. The summed E-state index contributed by atoms with van der Waals surface area (Å²) < 4.78 is 1.64. The highest BCUT2D eigenvalue weighted by molar-refractivity contribution is 5.93. The molecule has 2 aromatic rings. The van der Waals surface area contributed by atoms with Crippen LogP contribution in [0.4, 0.5) is 0 Å². The van der Waals surface area contributed by atoms with E-state index in [0.717, 1.165) is 24.2 Å². The lowest BCUT2D eigenvalue weighted by Gasteiger charge is -2.14. The molecule has 18 heavy (non-hydrogen) atoms. The molecule has 96 valence electrons. The van der Waals surface area contributed by atoms with Crippen LogP contribution in [0.5, 0.6) is 0 Å². The number of nitrogens with one attached hydrogen (secondary N) is 1. The van der Waals surface area contributed by atoms with Gasteiger partial charge in [-0.2, -0.15) is 5.10 Å². The average Bonchev–Trinajstić information content (AvgIpc) is 2.74. The number of amides is 1. The molecule has 2 aromatic heterocycles. The van der Waals surface area contributed by atoms with Crippen molar-refractivity contribution in [2.24, 2.45) is 0 Å². The van der Waals surface area contributed by atoms with Gasteiger partial charge in [0.2, 0.25) is 0 Å². The normalized spacial score (nSPS) is 11.1. The molecule has 2 rings (SSSR count). The van der Waals surface area contributed by atoms with Crippen LogP contribution in [-0.4, -0.2) is 26.5 Å². The molecule has 5 nitrogen and oxygen atoms in total. The van der Waals surface area contributed by atoms with Gasteiger partial charge in [0.15, 0.2) is 5.65 Å². The molecule has 0 aromatic carbocycles. The lowest BCUT2D eigenvalue weighted by molar-refractivity contribution is 0.0934. The zero-order chi connectivity index (χ0) is 13.1. The second-order valence-electron chi connectivity index (χ2n) is 4.42. The van der Waals surface area contributed by atoms with Gasteiger partial charge in [0.1, 0.15) is 0 Å². The quantitative estimate of drug-likeness (QED) is 0.897. The minimum atomic E-state index is -0.0914. The van der Waals surface area contributed by atoms with Gasteiger partial charge in [-0.3, -0.25) is 4.79 Å². The van der Waals surface area contributed by atoms with Crippen molar-refractivity contribution in [1.29, 1.82) is 0 Å². The summed E-state index contributed by atoms with van der Waals surface area (Å²) in [5.74, 6) is -0.0914. The Labute approximate surface area is 106 Å². The SMILES string of the molecule is CCC(CC)NC(=O)c1cnc2cc(C)nn2c1. The number of nitrogens with zero attached hydrogens (tertiary/aromatic N) is 3. The third-order valence-electron chi connectivity index (χ3n) is 3.02. The molecule has 5 heteroatoms. The van der Waals surface area contributed by atoms with Crippen molar-refractivity contribution in [2.45, 2.75) is 39.7 Å². The molecule has 0 aliphatic carbocycles. The van der Waals surface area contributed by atoms with E-state index in [1.54, 1.807) is 16.9 Å². The Morgan fingerprint density at radius 3 is 2.83 bits per heavy atom. The first-order valence-corrected chi connectivity index (χ1v) is 6.27. The lowest BCUT2D eigenvalue weighted by Crippen LogP contribution is -2.34. The molecule has 1 N–H and O–H groups in total. The van der Waals surface area contributed by atoms with Crippen LogP contribution in [-0.2, 0) is 0 Å². The topological polar surface area (TPSA) is 59.3 Å². The molecule has 0 saturated heterocycles. The smallest absolute Gasteiger partial charge is 0.254 e. The molecule has 0 atom stereocenters. The number of carbonyl (C=O) groups excluding carboxylic acids is 1. The molecule has 0 aliphatic heterocycles. The average molecular weight is 246 g/mol. The number of hydrogen-bond acceptors (Lipinski definition) is 3. The maximum atomic E-state index is 12.0. The van der Waals surface area contributed by atoms with Gasteiger partial charge in [-0.25, -0.2) is 9.50 Å². The van der Waals surface area contributed by atoms with Gasteiger partial charge in [0.25, 0.3) is 5.91 Å². The van der Waals surface area contributed by atoms with Gasteiger partial charge in [-0.05, 0) is 19.8 Å². The largest absolute Gasteiger partial charge is 0.349 e. The van der Waals surface area contributed by atoms with Crippen LogP contribution < -0.4 is 5.32 Å². The first-order valence-electron chi connectivity index (χ1n) is 6.27. The molecule has 0 bridgehead atoms. The standard InChI is InChI=1S/C13H18N4O/c1-4-11(5-2)15-13(18)10-7-14-12-6-9(3)16-17(12)8-10/h6-8,11H,4-5H2,1-3H3,(H,15,18). The summed E-state index contributed by atoms with van der Waals surface area (Å²) in [4.78, 5) is 16.3. The minimum absolute atomic E-state index is 0.0914. The zero-order valence-electron chi connectivity index (χ0n) is 11.0. The number of carbonyl (C=O) groups is 1. The van der Waals surface area contributed by atoms with E-state index < -0.39 is 0 Å². The second kappa shape index (κ2) is 5.16. The summed E-state index contributed by atoms with van der Waals surface area (Å²) in [6, 6.07) is 2.09. The Balaban J connectivity index is 2.22. The van der Waals surface area contributed by atoms with E-state index in [9.17, 15) is 4.79 Å². The third kappa shape index (κ3) is 2.50. The van der Waals surface area contributed by atoms with Crippen molar-refractivity contribution < 1.29 is 4.79 Å². The fourth-order valence-corrected chi connectivity index (χ4v) is 1.87. The van der Waals surface area contributed by atoms with Crippen LogP contribution in [0, 0.1) is 6.92 Å². The van der Waals surface area contributed by atoms with Crippen LogP contribution in [0.15, 0.2) is 18.5 Å². The first-order chi connectivity index (χ1) is 8.63. The summed E-state index contributed by atoms with van der Waals surface area (Å²) in [6.45, 7) is 6.03. The number of rotatable bonds is 4. The van der Waals surface area contributed by atoms with Crippen LogP contribution in [0.1, 0.15) is 42.7 Å². The van der Waals surface area contributed by atoms with E-state index in [4.69, 9.17) is 0 Å². The fourth-order valence-electron chi connectivity index (χ4n) is 1.87. The molecule has 0 fully saturated rings. The Morgan fingerprint density at radius 2 is 2.17 bits per heavy atom. The Kier molecular flexibility index (Phi) is 3.60. The molecule has 0 aliphatic rings. The van der Waals surface area contributed by atoms with Crippen molar-refractivity contribution in [1.82, 2.24) is 19.9 Å². The van der Waals surface area contributed by atoms with E-state index in [0.29, 0.717) is 5.56 Å². The molecule has 0 radical (unpaired) electrons. The zero-order valence-corrected chi connectivity index (χ0v) is 11.0. The summed E-state index contributed by atoms with van der Waals surface area (Å²) in [6.07, 6.45) is 5.17. The minimum Gasteiger partial charge on any atom is -0.349 e. The van der Waals surface area contributed by atoms with Crippen LogP contribution in [0.3, 0.4) is 0 Å². The third-order valence-corrected chi connectivity index (χ3v) is 3.02. The van der Waals surface area contributed by atoms with Crippen molar-refractivity contribution in [3.05, 3.63) is 29.7 Å². The number of aryl methyl sites for hydroxylation is 1. The highest BCUT2D eigenvalue weighted by Gasteiger charge is 2.12. The van der Waals surface area contributed by atoms with E-state index in [-0.39, 0.29) is 11.9 Å². The molecule has 2 heterocycles. The Morgan fingerprint density at radius 1 is 1.44 bits per heavy atom. The maximum absolute atomic E-state index is 12.0. The molecule has 0 unspecified atom stereocenters. The van der Waals surface area contributed by atoms with Crippen molar-refractivity contribution in [3.8, 4) is 0 Å². The predicted molar refractivity (Wildman–Crippen MR) is 69.6 cm³/mol. The highest BCUT2D eigenvalue weighted by atomic mass is 16.1. The maximum Gasteiger partial charge on any atom is 0.254 e. The summed E-state index contributed by atoms with van der Waals surface area (Å²) in [5, 5.41) is 7.23. The summed E-state index contributed by atoms with van der Waals surface area (Å²) in [5.41, 5.74) is 2.18. The van der Waals surface area contributed by atoms with E-state index in [2.05, 4.69) is 29.2 Å². The Bertz CT molecular complexity index is 557. The van der Waals surface area contributed by atoms with Crippen LogP contribution in [0.2, 0.25) is 0 Å². The van der Waals surface area contributed by atoms with Gasteiger partial charge in [0.05, 0.1) is 11.3 Å². The van der Waals surface area contributed by atoms with Gasteiger partial charge in [-0.1, -0.05) is 13.8 Å². The lowest BCUT2D eigenvalue weighted by atomic mass is 10.1. The number of aromatic nitrogens is 3. The molecular weight excluding hydrogens is 228 g/mol. The van der Waals surface area contributed by atoms with E-state index >= 15 is 0 Å². The molecular formula is C13H18N4O. The summed E-state index contributed by atoms with van der Waals surface area (Å²) >= 11 is 0. The summed E-state index contributed by atoms with van der Waals surface area (Å²) in [7, 11) is 0. The van der Waals surface area contributed by atoms with Gasteiger partial charge in [-0.15, -0.1) is 0 Å². The Hall–Kier alpha value is -1.91. The van der Waals surface area contributed by atoms with Crippen LogP contribution in [0.25, 0.3) is 5.65 Å². The number of hydrogen-bond donors (Lipinski definition) is 1. The van der Waals surface area contributed by atoms with Crippen molar-refractivity contribution >= 4 is 11.6 Å². The molecule has 1 amide bonds. The van der Waals surface area contributed by atoms with Crippen LogP contribution >= 0.6 is 0 Å². The second-order valence-corrected chi connectivity index (χ2v) is 4.42. The van der Waals surface area contributed by atoms with Crippen molar-refractivity contribution in [3.63, 3.8) is 0 Å². The molecule has 0 saturated carbocycles. The predicted octanol–water partition coefficient (Wildman–Crippen LogP) is 1.96. The first kappa shape index (κ1) is 12.5. The number of fused-ring (bicyclic) bond motifs is 1. The van der Waals surface area contributed by atoms with Crippen molar-refractivity contribution in [2.75, 3.05) is 0 Å². The van der Waals surface area contributed by atoms with E-state index in [1.165, 1.54) is 0 Å². The highest BCUT2D eigenvalue weighted by Crippen LogP contribution is 2.06. The van der Waals surface area contributed by atoms with Gasteiger partial charge in [0, 0.05) is 24.5 Å². The van der Waals surface area contributed by atoms with Gasteiger partial charge < -0.3 is 5.32 Å². The van der Waals surface area contributed by atoms with E-state index in [1.807, 2.05) is 13.0 Å².